The summed E-state index contributed by atoms with van der Waals surface area (Å²) < 4.78 is 74.8. The Balaban J connectivity index is 0.000000548. The van der Waals surface area contributed by atoms with Gasteiger partial charge in [-0.25, -0.2) is 14.4 Å². The number of aryl methyl sites for hydroxylation is 1. The fourth-order valence-corrected chi connectivity index (χ4v) is 2.73. The summed E-state index contributed by atoms with van der Waals surface area (Å²) in [6, 6.07) is 13.4. The minimum Gasteiger partial charge on any atom is -0.490 e. The number of aliphatic carboxylic acids is 2. The Morgan fingerprint density at radius 2 is 1.53 bits per heavy atom. The fraction of sp³-hybridized carbons (Fsp3) is 0.308. The molecule has 3 rings (SSSR count). The van der Waals surface area contributed by atoms with Gasteiger partial charge in [-0.2, -0.15) is 31.4 Å². The summed E-state index contributed by atoms with van der Waals surface area (Å²) in [7, 11) is 3.96. The Kier molecular flexibility index (Phi) is 14.0. The van der Waals surface area contributed by atoms with Crippen molar-refractivity contribution < 1.29 is 60.4 Å². The molecular formula is C26H28F6N4O7. The lowest BCUT2D eigenvalue weighted by atomic mass is 10.1. The predicted molar refractivity (Wildman–Crippen MR) is 140 cm³/mol. The molecular weight excluding hydrogens is 594 g/mol. The number of aromatic amines is 1. The molecule has 0 spiro atoms. The zero-order valence-electron chi connectivity index (χ0n) is 22.9. The average Bonchev–Trinajstić information content (AvgIpc) is 3.44. The number of carboxylic acid groups (broad SMARTS) is 2. The van der Waals surface area contributed by atoms with Gasteiger partial charge in [-0.3, -0.25) is 10.4 Å². The van der Waals surface area contributed by atoms with Crippen molar-refractivity contribution in [1.82, 2.24) is 15.1 Å². The lowest BCUT2D eigenvalue weighted by Gasteiger charge is -2.16. The van der Waals surface area contributed by atoms with E-state index in [0.717, 1.165) is 28.8 Å². The van der Waals surface area contributed by atoms with Crippen LogP contribution in [0.1, 0.15) is 11.1 Å². The number of hydrogen-bond donors (Lipinski definition) is 4. The highest BCUT2D eigenvalue weighted by molar-refractivity contribution is 5.87. The van der Waals surface area contributed by atoms with Crippen LogP contribution in [0.4, 0.5) is 36.8 Å². The molecule has 0 saturated heterocycles. The molecule has 2 aromatic carbocycles. The number of H-pyrrole nitrogens is 1. The van der Waals surface area contributed by atoms with Gasteiger partial charge in [-0.05, 0) is 49.8 Å². The third-order valence-corrected chi connectivity index (χ3v) is 4.95. The molecule has 0 radical (unpaired) electrons. The minimum absolute atomic E-state index is 0.211. The summed E-state index contributed by atoms with van der Waals surface area (Å²) in [5, 5.41) is 23.8. The molecule has 1 heterocycles. The number of carbonyl (C=O) groups excluding carboxylic acids is 1. The van der Waals surface area contributed by atoms with Crippen LogP contribution in [-0.4, -0.2) is 82.9 Å². The second-order valence-corrected chi connectivity index (χ2v) is 8.58. The van der Waals surface area contributed by atoms with Crippen molar-refractivity contribution in [2.24, 2.45) is 0 Å². The molecule has 236 valence electrons. The van der Waals surface area contributed by atoms with E-state index in [4.69, 9.17) is 29.3 Å². The number of rotatable bonds is 8. The molecule has 0 saturated carbocycles. The smallest absolute Gasteiger partial charge is 0.490 e. The van der Waals surface area contributed by atoms with Gasteiger partial charge in [0.25, 0.3) is 0 Å². The number of amides is 1. The van der Waals surface area contributed by atoms with Crippen LogP contribution in [-0.2, 0) is 20.9 Å². The molecule has 1 amide bonds. The molecule has 11 nitrogen and oxygen atoms in total. The Bertz CT molecular complexity index is 1310. The summed E-state index contributed by atoms with van der Waals surface area (Å²) in [5.74, 6) is -4.93. The fourth-order valence-electron chi connectivity index (χ4n) is 2.73. The monoisotopic (exact) mass is 622 g/mol. The molecule has 1 aromatic heterocycles. The molecule has 0 aliphatic heterocycles. The molecule has 4 N–H and O–H groups in total. The number of halogens is 6. The predicted octanol–water partition coefficient (Wildman–Crippen LogP) is 5.34. The molecule has 0 aliphatic rings. The average molecular weight is 623 g/mol. The van der Waals surface area contributed by atoms with Crippen LogP contribution in [0, 0.1) is 6.92 Å². The number of likely N-dealkylation sites (N-methyl/N-ethyl adjacent to an activating group) is 1. The van der Waals surface area contributed by atoms with Crippen LogP contribution in [0.25, 0.3) is 11.1 Å². The van der Waals surface area contributed by atoms with Crippen molar-refractivity contribution in [3.05, 3.63) is 66.0 Å². The van der Waals surface area contributed by atoms with Gasteiger partial charge in [-0.15, -0.1) is 0 Å². The minimum atomic E-state index is -5.08. The van der Waals surface area contributed by atoms with Gasteiger partial charge in [0.1, 0.15) is 19.0 Å². The Labute approximate surface area is 241 Å². The topological polar surface area (TPSA) is 154 Å². The van der Waals surface area contributed by atoms with E-state index in [2.05, 4.69) is 15.5 Å². The third-order valence-electron chi connectivity index (χ3n) is 4.95. The van der Waals surface area contributed by atoms with Crippen LogP contribution < -0.4 is 10.1 Å². The van der Waals surface area contributed by atoms with Gasteiger partial charge < -0.3 is 24.6 Å². The van der Waals surface area contributed by atoms with E-state index in [0.29, 0.717) is 18.0 Å². The lowest BCUT2D eigenvalue weighted by molar-refractivity contribution is -0.193. The number of carbonyl (C=O) groups is 3. The van der Waals surface area contributed by atoms with E-state index in [1.54, 1.807) is 6.20 Å². The van der Waals surface area contributed by atoms with Crippen LogP contribution in [0.3, 0.4) is 0 Å². The van der Waals surface area contributed by atoms with E-state index in [1.807, 2.05) is 74.6 Å². The largest absolute Gasteiger partial charge is 0.490 e. The normalized spacial score (nSPS) is 10.9. The van der Waals surface area contributed by atoms with Gasteiger partial charge in [0.05, 0.1) is 11.9 Å². The molecule has 0 bridgehead atoms. The van der Waals surface area contributed by atoms with Gasteiger partial charge in [0.15, 0.2) is 0 Å². The molecule has 43 heavy (non-hydrogen) atoms. The second kappa shape index (κ2) is 16.6. The first kappa shape index (κ1) is 36.2. The number of alkyl halides is 6. The lowest BCUT2D eigenvalue weighted by Crippen LogP contribution is -2.21. The third kappa shape index (κ3) is 14.1. The number of aromatic nitrogens is 2. The molecule has 0 fully saturated rings. The van der Waals surface area contributed by atoms with Crippen molar-refractivity contribution in [2.75, 3.05) is 32.6 Å². The number of benzene rings is 2. The number of ether oxygens (including phenoxy) is 2. The SMILES string of the molecule is Cc1ccccc1COC(=O)Nc1ccc(-c2cn[nH]c2)cc1OCCN(C)C.O=C(O)C(F)(F)F.O=C(O)C(F)(F)F. The molecule has 0 unspecified atom stereocenters. The Morgan fingerprint density at radius 1 is 0.953 bits per heavy atom. The first-order valence-electron chi connectivity index (χ1n) is 11.9. The highest BCUT2D eigenvalue weighted by Crippen LogP contribution is 2.31. The standard InChI is InChI=1S/C22H26N4O3.2C2HF3O2/c1-16-6-4-5-7-18(16)15-29-22(27)25-20-9-8-17(19-13-23-24-14-19)12-21(20)28-11-10-26(2)3;2*3-2(4,5)1(6)7/h4-9,12-14H,10-11,15H2,1-3H3,(H,23,24)(H,25,27);2*(H,6,7). The summed E-state index contributed by atoms with van der Waals surface area (Å²) >= 11 is 0. The summed E-state index contributed by atoms with van der Waals surface area (Å²) in [6.45, 7) is 3.45. The van der Waals surface area contributed by atoms with Crippen molar-refractivity contribution >= 4 is 23.7 Å². The number of anilines is 1. The van der Waals surface area contributed by atoms with E-state index in [9.17, 15) is 31.1 Å². The Morgan fingerprint density at radius 3 is 2.02 bits per heavy atom. The quantitative estimate of drug-likeness (QED) is 0.244. The molecule has 17 heteroatoms. The number of hydrogen-bond acceptors (Lipinski definition) is 7. The maximum absolute atomic E-state index is 12.3. The number of carboxylic acids is 2. The zero-order chi connectivity index (χ0) is 32.8. The van der Waals surface area contributed by atoms with Gasteiger partial charge >= 0.3 is 30.4 Å². The summed E-state index contributed by atoms with van der Waals surface area (Å²) in [4.78, 5) is 32.2. The van der Waals surface area contributed by atoms with Crippen LogP contribution >= 0.6 is 0 Å². The van der Waals surface area contributed by atoms with Crippen LogP contribution in [0.15, 0.2) is 54.9 Å². The van der Waals surface area contributed by atoms with E-state index in [1.165, 1.54) is 0 Å². The first-order valence-corrected chi connectivity index (χ1v) is 11.9. The van der Waals surface area contributed by atoms with Gasteiger partial charge in [-0.1, -0.05) is 30.3 Å². The van der Waals surface area contributed by atoms with Crippen molar-refractivity contribution in [2.45, 2.75) is 25.9 Å². The summed E-state index contributed by atoms with van der Waals surface area (Å²) in [5.41, 5.74) is 4.50. The van der Waals surface area contributed by atoms with E-state index in [-0.39, 0.29) is 6.61 Å². The van der Waals surface area contributed by atoms with Gasteiger partial charge in [0.2, 0.25) is 0 Å². The van der Waals surface area contributed by atoms with E-state index >= 15 is 0 Å². The van der Waals surface area contributed by atoms with Crippen molar-refractivity contribution in [3.63, 3.8) is 0 Å². The number of nitrogens with zero attached hydrogens (tertiary/aromatic N) is 2. The molecule has 0 aliphatic carbocycles. The highest BCUT2D eigenvalue weighted by Gasteiger charge is 2.38. The number of nitrogens with one attached hydrogen (secondary N) is 2. The zero-order valence-corrected chi connectivity index (χ0v) is 22.9. The van der Waals surface area contributed by atoms with Crippen LogP contribution in [0.2, 0.25) is 0 Å². The van der Waals surface area contributed by atoms with Crippen LogP contribution in [0.5, 0.6) is 5.75 Å². The first-order chi connectivity index (χ1) is 19.9. The van der Waals surface area contributed by atoms with E-state index < -0.39 is 30.4 Å². The summed E-state index contributed by atoms with van der Waals surface area (Å²) in [6.07, 6.45) is -7.15. The Hall–Kier alpha value is -4.80. The highest BCUT2D eigenvalue weighted by atomic mass is 19.4. The van der Waals surface area contributed by atoms with Gasteiger partial charge in [0, 0.05) is 18.3 Å². The van der Waals surface area contributed by atoms with Crippen molar-refractivity contribution in [3.8, 4) is 16.9 Å². The maximum atomic E-state index is 12.3. The molecule has 3 aromatic rings. The molecule has 0 atom stereocenters. The van der Waals surface area contributed by atoms with Crippen molar-refractivity contribution in [1.29, 1.82) is 0 Å². The maximum Gasteiger partial charge on any atom is 0.490 e. The second-order valence-electron chi connectivity index (χ2n) is 8.58.